The second-order valence-electron chi connectivity index (χ2n) is 3.73. The zero-order valence-corrected chi connectivity index (χ0v) is 8.50. The molecule has 0 spiro atoms. The van der Waals surface area contributed by atoms with Crippen molar-refractivity contribution in [1.29, 1.82) is 0 Å². The number of rotatable bonds is 1. The van der Waals surface area contributed by atoms with Crippen molar-refractivity contribution in [1.82, 2.24) is 20.5 Å². The maximum Gasteiger partial charge on any atom is 0.247 e. The van der Waals surface area contributed by atoms with Crippen molar-refractivity contribution < 1.29 is 4.42 Å². The lowest BCUT2D eigenvalue weighted by Gasteiger charge is -2.11. The molecule has 0 bridgehead atoms. The summed E-state index contributed by atoms with van der Waals surface area (Å²) in [7, 11) is 0. The van der Waals surface area contributed by atoms with Crippen LogP contribution >= 0.6 is 0 Å². The number of nitrogens with zero attached hydrogens (tertiary/aromatic N) is 2. The summed E-state index contributed by atoms with van der Waals surface area (Å²) >= 11 is 0. The van der Waals surface area contributed by atoms with Crippen LogP contribution in [0.1, 0.15) is 17.0 Å². The van der Waals surface area contributed by atoms with Crippen LogP contribution in [0.5, 0.6) is 0 Å². The predicted octanol–water partition coefficient (Wildman–Crippen LogP) is 1.02. The SMILES string of the molecule is Cc1cnc(-c2n[nH]c3c2CCNC3)o1. The zero-order chi connectivity index (χ0) is 10.3. The molecule has 3 heterocycles. The fourth-order valence-corrected chi connectivity index (χ4v) is 1.88. The minimum Gasteiger partial charge on any atom is -0.440 e. The first kappa shape index (κ1) is 8.67. The third-order valence-electron chi connectivity index (χ3n) is 2.63. The van der Waals surface area contributed by atoms with Crippen LogP contribution in [-0.2, 0) is 13.0 Å². The second-order valence-corrected chi connectivity index (χ2v) is 3.73. The summed E-state index contributed by atoms with van der Waals surface area (Å²) in [5, 5.41) is 10.6. The number of nitrogens with one attached hydrogen (secondary N) is 2. The van der Waals surface area contributed by atoms with Gasteiger partial charge in [-0.3, -0.25) is 5.10 Å². The molecule has 15 heavy (non-hydrogen) atoms. The van der Waals surface area contributed by atoms with Crippen LogP contribution in [0, 0.1) is 6.92 Å². The Morgan fingerprint density at radius 3 is 3.20 bits per heavy atom. The van der Waals surface area contributed by atoms with E-state index in [1.54, 1.807) is 6.20 Å². The Morgan fingerprint density at radius 2 is 2.40 bits per heavy atom. The molecule has 2 N–H and O–H groups in total. The van der Waals surface area contributed by atoms with Crippen LogP contribution in [0.2, 0.25) is 0 Å². The molecule has 0 aliphatic carbocycles. The largest absolute Gasteiger partial charge is 0.440 e. The molecule has 3 rings (SSSR count). The van der Waals surface area contributed by atoms with E-state index in [1.165, 1.54) is 5.56 Å². The van der Waals surface area contributed by atoms with Crippen molar-refractivity contribution in [3.05, 3.63) is 23.2 Å². The Labute approximate surface area is 86.9 Å². The smallest absolute Gasteiger partial charge is 0.247 e. The molecule has 0 saturated carbocycles. The molecular weight excluding hydrogens is 192 g/mol. The second kappa shape index (κ2) is 3.20. The molecule has 2 aromatic rings. The molecule has 0 unspecified atom stereocenters. The van der Waals surface area contributed by atoms with Crippen molar-refractivity contribution in [2.45, 2.75) is 19.9 Å². The lowest BCUT2D eigenvalue weighted by atomic mass is 10.1. The molecular formula is C10H12N4O. The van der Waals surface area contributed by atoms with E-state index in [4.69, 9.17) is 4.42 Å². The molecule has 0 atom stereocenters. The minimum absolute atomic E-state index is 0.618. The highest BCUT2D eigenvalue weighted by Crippen LogP contribution is 2.25. The number of aryl methyl sites for hydroxylation is 1. The van der Waals surface area contributed by atoms with E-state index in [0.29, 0.717) is 5.89 Å². The molecule has 0 fully saturated rings. The Kier molecular flexibility index (Phi) is 1.85. The predicted molar refractivity (Wildman–Crippen MR) is 54.2 cm³/mol. The first-order valence-electron chi connectivity index (χ1n) is 5.04. The molecule has 0 amide bonds. The summed E-state index contributed by atoms with van der Waals surface area (Å²) in [6, 6.07) is 0. The topological polar surface area (TPSA) is 66.7 Å². The summed E-state index contributed by atoms with van der Waals surface area (Å²) in [4.78, 5) is 4.20. The van der Waals surface area contributed by atoms with E-state index in [0.717, 1.165) is 36.7 Å². The van der Waals surface area contributed by atoms with E-state index in [1.807, 2.05) is 6.92 Å². The number of hydrogen-bond donors (Lipinski definition) is 2. The van der Waals surface area contributed by atoms with Gasteiger partial charge in [0.05, 0.1) is 11.9 Å². The summed E-state index contributed by atoms with van der Waals surface area (Å²) in [5.74, 6) is 1.43. The van der Waals surface area contributed by atoms with Gasteiger partial charge in [0.2, 0.25) is 5.89 Å². The molecule has 5 heteroatoms. The normalized spacial score (nSPS) is 15.3. The zero-order valence-electron chi connectivity index (χ0n) is 8.50. The number of fused-ring (bicyclic) bond motifs is 1. The lowest BCUT2D eigenvalue weighted by molar-refractivity contribution is 0.539. The number of aromatic amines is 1. The van der Waals surface area contributed by atoms with Crippen LogP contribution in [-0.4, -0.2) is 21.7 Å². The van der Waals surface area contributed by atoms with E-state index in [2.05, 4.69) is 20.5 Å². The maximum absolute atomic E-state index is 5.48. The van der Waals surface area contributed by atoms with Crippen molar-refractivity contribution >= 4 is 0 Å². The molecule has 0 aromatic carbocycles. The van der Waals surface area contributed by atoms with Crippen LogP contribution in [0.25, 0.3) is 11.6 Å². The number of aromatic nitrogens is 3. The van der Waals surface area contributed by atoms with Crippen LogP contribution < -0.4 is 5.32 Å². The van der Waals surface area contributed by atoms with Crippen molar-refractivity contribution in [2.75, 3.05) is 6.54 Å². The summed E-state index contributed by atoms with van der Waals surface area (Å²) < 4.78 is 5.48. The Hall–Kier alpha value is -1.62. The monoisotopic (exact) mass is 204 g/mol. The highest BCUT2D eigenvalue weighted by molar-refractivity contribution is 5.55. The molecule has 0 radical (unpaired) electrons. The minimum atomic E-state index is 0.618. The van der Waals surface area contributed by atoms with Gasteiger partial charge < -0.3 is 9.73 Å². The van der Waals surface area contributed by atoms with Crippen molar-refractivity contribution in [3.63, 3.8) is 0 Å². The highest BCUT2D eigenvalue weighted by Gasteiger charge is 2.20. The van der Waals surface area contributed by atoms with Gasteiger partial charge in [0, 0.05) is 12.1 Å². The number of H-pyrrole nitrogens is 1. The highest BCUT2D eigenvalue weighted by atomic mass is 16.4. The van der Waals surface area contributed by atoms with Crippen LogP contribution in [0.3, 0.4) is 0 Å². The van der Waals surface area contributed by atoms with Gasteiger partial charge in [-0.15, -0.1) is 0 Å². The standard InChI is InChI=1S/C10H12N4O/c1-6-4-12-10(15-6)9-7-2-3-11-5-8(7)13-14-9/h4,11H,2-3,5H2,1H3,(H,13,14). The first-order chi connectivity index (χ1) is 7.34. The molecule has 0 saturated heterocycles. The van der Waals surface area contributed by atoms with Crippen molar-refractivity contribution in [3.8, 4) is 11.6 Å². The average molecular weight is 204 g/mol. The van der Waals surface area contributed by atoms with Gasteiger partial charge in [-0.1, -0.05) is 0 Å². The van der Waals surface area contributed by atoms with E-state index < -0.39 is 0 Å². The van der Waals surface area contributed by atoms with Crippen molar-refractivity contribution in [2.24, 2.45) is 0 Å². The van der Waals surface area contributed by atoms with Crippen LogP contribution in [0.4, 0.5) is 0 Å². The van der Waals surface area contributed by atoms with E-state index in [9.17, 15) is 0 Å². The van der Waals surface area contributed by atoms with Crippen LogP contribution in [0.15, 0.2) is 10.6 Å². The summed E-state index contributed by atoms with van der Waals surface area (Å²) in [5.41, 5.74) is 3.24. The third-order valence-corrected chi connectivity index (χ3v) is 2.63. The molecule has 78 valence electrons. The summed E-state index contributed by atoms with van der Waals surface area (Å²) in [6.07, 6.45) is 2.69. The third kappa shape index (κ3) is 1.35. The maximum atomic E-state index is 5.48. The summed E-state index contributed by atoms with van der Waals surface area (Å²) in [6.45, 7) is 3.72. The van der Waals surface area contributed by atoms with E-state index in [-0.39, 0.29) is 0 Å². The van der Waals surface area contributed by atoms with Gasteiger partial charge in [-0.2, -0.15) is 5.10 Å². The van der Waals surface area contributed by atoms with Gasteiger partial charge >= 0.3 is 0 Å². The molecule has 1 aliphatic rings. The Morgan fingerprint density at radius 1 is 1.47 bits per heavy atom. The van der Waals surface area contributed by atoms with Gasteiger partial charge in [0.1, 0.15) is 5.76 Å². The first-order valence-corrected chi connectivity index (χ1v) is 5.04. The average Bonchev–Trinajstić information content (AvgIpc) is 2.83. The fourth-order valence-electron chi connectivity index (χ4n) is 1.88. The van der Waals surface area contributed by atoms with Gasteiger partial charge in [0.25, 0.3) is 0 Å². The van der Waals surface area contributed by atoms with Gasteiger partial charge in [-0.05, 0) is 19.9 Å². The van der Waals surface area contributed by atoms with Gasteiger partial charge in [0.15, 0.2) is 5.69 Å². The lowest BCUT2D eigenvalue weighted by Crippen LogP contribution is -2.23. The Balaban J connectivity index is 2.08. The molecule has 2 aromatic heterocycles. The molecule has 1 aliphatic heterocycles. The number of oxazole rings is 1. The quantitative estimate of drug-likeness (QED) is 0.727. The number of hydrogen-bond acceptors (Lipinski definition) is 4. The Bertz CT molecular complexity index is 485. The molecule has 5 nitrogen and oxygen atoms in total. The fraction of sp³-hybridized carbons (Fsp3) is 0.400. The van der Waals surface area contributed by atoms with Gasteiger partial charge in [-0.25, -0.2) is 4.98 Å². The van der Waals surface area contributed by atoms with E-state index >= 15 is 0 Å².